The molecule has 3 heteroatoms. The number of aryl methyl sites for hydroxylation is 1. The van der Waals surface area contributed by atoms with Gasteiger partial charge < -0.3 is 4.74 Å². The van der Waals surface area contributed by atoms with Crippen molar-refractivity contribution in [2.75, 3.05) is 7.11 Å². The average Bonchev–Trinajstić information content (AvgIpc) is 2.47. The van der Waals surface area contributed by atoms with Gasteiger partial charge in [-0.15, -0.1) is 0 Å². The van der Waals surface area contributed by atoms with E-state index in [1.807, 2.05) is 6.07 Å². The summed E-state index contributed by atoms with van der Waals surface area (Å²) in [6, 6.07) is 6.44. The molecule has 0 aliphatic rings. The van der Waals surface area contributed by atoms with Crippen molar-refractivity contribution in [2.24, 2.45) is 5.84 Å². The Balaban J connectivity index is 2.45. The zero-order valence-corrected chi connectivity index (χ0v) is 13.2. The highest BCUT2D eigenvalue weighted by molar-refractivity contribution is 5.36. The molecule has 1 rings (SSSR count). The molecule has 0 spiro atoms. The minimum absolute atomic E-state index is 0.243. The van der Waals surface area contributed by atoms with Crippen LogP contribution in [0.1, 0.15) is 69.0 Å². The second-order valence-corrected chi connectivity index (χ2v) is 5.50. The predicted molar refractivity (Wildman–Crippen MR) is 85.8 cm³/mol. The maximum Gasteiger partial charge on any atom is 0.119 e. The van der Waals surface area contributed by atoms with Gasteiger partial charge in [-0.25, -0.2) is 0 Å². The van der Waals surface area contributed by atoms with Gasteiger partial charge in [0.05, 0.1) is 7.11 Å². The topological polar surface area (TPSA) is 47.3 Å². The summed E-state index contributed by atoms with van der Waals surface area (Å²) in [7, 11) is 1.70. The molecular formula is C17H30N2O. The van der Waals surface area contributed by atoms with Crippen LogP contribution >= 0.6 is 0 Å². The number of hydrogen-bond donors (Lipinski definition) is 2. The van der Waals surface area contributed by atoms with E-state index in [0.29, 0.717) is 0 Å². The van der Waals surface area contributed by atoms with Gasteiger partial charge in [-0.1, -0.05) is 51.5 Å². The fourth-order valence-electron chi connectivity index (χ4n) is 2.62. The zero-order chi connectivity index (χ0) is 14.8. The summed E-state index contributed by atoms with van der Waals surface area (Å²) in [5.74, 6) is 6.63. The predicted octanol–water partition coefficient (Wildman–Crippen LogP) is 4.26. The molecule has 114 valence electrons. The van der Waals surface area contributed by atoms with E-state index >= 15 is 0 Å². The lowest BCUT2D eigenvalue weighted by atomic mass is 9.96. The first-order valence-electron chi connectivity index (χ1n) is 7.83. The van der Waals surface area contributed by atoms with Crippen molar-refractivity contribution in [3.63, 3.8) is 0 Å². The lowest BCUT2D eigenvalue weighted by molar-refractivity contribution is 0.413. The van der Waals surface area contributed by atoms with Crippen molar-refractivity contribution in [2.45, 2.75) is 64.8 Å². The monoisotopic (exact) mass is 278 g/mol. The molecule has 0 saturated carbocycles. The Kier molecular flexibility index (Phi) is 8.31. The van der Waals surface area contributed by atoms with Crippen LogP contribution in [0.4, 0.5) is 0 Å². The number of methoxy groups -OCH3 is 1. The number of benzene rings is 1. The minimum atomic E-state index is 0.243. The Hall–Kier alpha value is -1.06. The van der Waals surface area contributed by atoms with Crippen LogP contribution in [0.25, 0.3) is 0 Å². The molecule has 0 radical (unpaired) electrons. The molecule has 3 nitrogen and oxygen atoms in total. The Morgan fingerprint density at radius 1 is 1.15 bits per heavy atom. The maximum atomic E-state index is 5.73. The molecule has 1 aromatic carbocycles. The molecule has 1 aromatic rings. The lowest BCUT2D eigenvalue weighted by Gasteiger charge is -2.19. The van der Waals surface area contributed by atoms with Crippen molar-refractivity contribution < 1.29 is 4.74 Å². The molecule has 1 atom stereocenters. The molecule has 0 heterocycles. The highest BCUT2D eigenvalue weighted by atomic mass is 16.5. The van der Waals surface area contributed by atoms with E-state index in [2.05, 4.69) is 31.4 Å². The number of nitrogens with one attached hydrogen (secondary N) is 1. The van der Waals surface area contributed by atoms with Gasteiger partial charge in [0.1, 0.15) is 5.75 Å². The van der Waals surface area contributed by atoms with E-state index in [9.17, 15) is 0 Å². The summed E-state index contributed by atoms with van der Waals surface area (Å²) < 4.78 is 5.25. The number of hydrazine groups is 1. The van der Waals surface area contributed by atoms with E-state index in [1.54, 1.807) is 7.11 Å². The Labute approximate surface area is 123 Å². The molecule has 0 saturated heterocycles. The molecule has 20 heavy (non-hydrogen) atoms. The lowest BCUT2D eigenvalue weighted by Crippen LogP contribution is -2.28. The second-order valence-electron chi connectivity index (χ2n) is 5.50. The number of ether oxygens (including phenoxy) is 1. The molecule has 0 aromatic heterocycles. The summed E-state index contributed by atoms with van der Waals surface area (Å²) >= 11 is 0. The van der Waals surface area contributed by atoms with E-state index in [-0.39, 0.29) is 6.04 Å². The quantitative estimate of drug-likeness (QED) is 0.382. The van der Waals surface area contributed by atoms with Crippen molar-refractivity contribution in [3.05, 3.63) is 29.3 Å². The van der Waals surface area contributed by atoms with Crippen LogP contribution in [0.5, 0.6) is 5.75 Å². The molecule has 0 bridgehead atoms. The highest BCUT2D eigenvalue weighted by Crippen LogP contribution is 2.25. The molecule has 0 aliphatic carbocycles. The molecule has 0 fully saturated rings. The average molecular weight is 278 g/mol. The van der Waals surface area contributed by atoms with Gasteiger partial charge in [-0.2, -0.15) is 0 Å². The standard InChI is InChI=1S/C17H30N2O/c1-4-5-6-7-8-9-10-17(19-18)16-12-11-15(20-3)13-14(16)2/h11-13,17,19H,4-10,18H2,1-3H3. The fraction of sp³-hybridized carbons (Fsp3) is 0.647. The molecule has 0 aliphatic heterocycles. The second kappa shape index (κ2) is 9.78. The largest absolute Gasteiger partial charge is 0.497 e. The van der Waals surface area contributed by atoms with Crippen LogP contribution in [-0.2, 0) is 0 Å². The summed E-state index contributed by atoms with van der Waals surface area (Å²) in [5, 5.41) is 0. The third-order valence-electron chi connectivity index (χ3n) is 3.90. The van der Waals surface area contributed by atoms with E-state index in [4.69, 9.17) is 10.6 Å². The van der Waals surface area contributed by atoms with Crippen LogP contribution < -0.4 is 16.0 Å². The molecular weight excluding hydrogens is 248 g/mol. The third kappa shape index (κ3) is 5.51. The maximum absolute atomic E-state index is 5.73. The summed E-state index contributed by atoms with van der Waals surface area (Å²) in [6.45, 7) is 4.37. The number of hydrogen-bond acceptors (Lipinski definition) is 3. The van der Waals surface area contributed by atoms with Crippen molar-refractivity contribution >= 4 is 0 Å². The number of unbranched alkanes of at least 4 members (excludes halogenated alkanes) is 5. The Bertz CT molecular complexity index is 379. The van der Waals surface area contributed by atoms with E-state index in [0.717, 1.165) is 12.2 Å². The van der Waals surface area contributed by atoms with E-state index in [1.165, 1.54) is 49.7 Å². The molecule has 3 N–H and O–H groups in total. The van der Waals surface area contributed by atoms with Crippen molar-refractivity contribution in [1.29, 1.82) is 0 Å². The van der Waals surface area contributed by atoms with Crippen LogP contribution in [0, 0.1) is 6.92 Å². The fourth-order valence-corrected chi connectivity index (χ4v) is 2.62. The van der Waals surface area contributed by atoms with E-state index < -0.39 is 0 Å². The van der Waals surface area contributed by atoms with Gasteiger partial charge in [-0.05, 0) is 36.6 Å². The van der Waals surface area contributed by atoms with Gasteiger partial charge in [0, 0.05) is 6.04 Å². The van der Waals surface area contributed by atoms with Crippen LogP contribution in [0.2, 0.25) is 0 Å². The van der Waals surface area contributed by atoms with Gasteiger partial charge >= 0.3 is 0 Å². The van der Waals surface area contributed by atoms with Gasteiger partial charge in [0.15, 0.2) is 0 Å². The molecule has 1 unspecified atom stereocenters. The summed E-state index contributed by atoms with van der Waals surface area (Å²) in [5.41, 5.74) is 5.47. The van der Waals surface area contributed by atoms with Crippen LogP contribution in [-0.4, -0.2) is 7.11 Å². The SMILES string of the molecule is CCCCCCCCC(NN)c1ccc(OC)cc1C. The Morgan fingerprint density at radius 2 is 1.85 bits per heavy atom. The first kappa shape index (κ1) is 17.0. The van der Waals surface area contributed by atoms with Crippen molar-refractivity contribution in [3.8, 4) is 5.75 Å². The molecule has 0 amide bonds. The zero-order valence-electron chi connectivity index (χ0n) is 13.2. The first-order valence-corrected chi connectivity index (χ1v) is 7.83. The normalized spacial score (nSPS) is 12.4. The smallest absolute Gasteiger partial charge is 0.119 e. The van der Waals surface area contributed by atoms with Crippen LogP contribution in [0.3, 0.4) is 0 Å². The third-order valence-corrected chi connectivity index (χ3v) is 3.90. The summed E-state index contributed by atoms with van der Waals surface area (Å²) in [4.78, 5) is 0. The number of rotatable bonds is 10. The van der Waals surface area contributed by atoms with Gasteiger partial charge in [0.25, 0.3) is 0 Å². The highest BCUT2D eigenvalue weighted by Gasteiger charge is 2.12. The first-order chi connectivity index (χ1) is 9.72. The van der Waals surface area contributed by atoms with Crippen molar-refractivity contribution in [1.82, 2.24) is 5.43 Å². The summed E-state index contributed by atoms with van der Waals surface area (Å²) in [6.07, 6.45) is 8.98. The van der Waals surface area contributed by atoms with Gasteiger partial charge in [-0.3, -0.25) is 11.3 Å². The number of nitrogens with two attached hydrogens (primary N) is 1. The van der Waals surface area contributed by atoms with Crippen LogP contribution in [0.15, 0.2) is 18.2 Å². The minimum Gasteiger partial charge on any atom is -0.497 e. The Morgan fingerprint density at radius 3 is 2.45 bits per heavy atom. The van der Waals surface area contributed by atoms with Gasteiger partial charge in [0.2, 0.25) is 0 Å².